The fraction of sp³-hybridized carbons (Fsp3) is 0. The number of nitrogens with zero attached hydrogens (tertiary/aromatic N) is 1. The second-order valence-corrected chi connectivity index (χ2v) is 1.79. The minimum Gasteiger partial charge on any atom is -0.800 e. The van der Waals surface area contributed by atoms with Crippen LogP contribution >= 0.6 is 7.60 Å². The molecule has 0 aromatic heterocycles. The third kappa shape index (κ3) is 15.7. The van der Waals surface area contributed by atoms with Crippen LogP contribution in [-0.4, -0.2) is 0 Å². The van der Waals surface area contributed by atoms with E-state index < -0.39 is 7.60 Å². The second kappa shape index (κ2) is 6.36. The molecular weight excluding hydrogens is 135 g/mol. The SMILES string of the molecule is N#CP(=O)([O-])[O-].[Li+].[Na+]. The molecule has 0 unspecified atom stereocenters. The van der Waals surface area contributed by atoms with Crippen LogP contribution in [0.5, 0.6) is 0 Å². The minimum atomic E-state index is -4.84. The zero-order valence-corrected chi connectivity index (χ0v) is 7.51. The Morgan fingerprint density at radius 1 is 1.50 bits per heavy atom. The number of hydrogen-bond donors (Lipinski definition) is 0. The van der Waals surface area contributed by atoms with Gasteiger partial charge in [-0.1, -0.05) is 0 Å². The molecule has 34 valence electrons. The molecule has 0 aliphatic carbocycles. The number of hydrogen-bond acceptors (Lipinski definition) is 4. The van der Waals surface area contributed by atoms with Gasteiger partial charge in [-0.3, -0.25) is 0 Å². The van der Waals surface area contributed by atoms with Crippen LogP contribution < -0.4 is 58.2 Å². The van der Waals surface area contributed by atoms with Crippen LogP contribution in [0.2, 0.25) is 0 Å². The van der Waals surface area contributed by atoms with Crippen LogP contribution in [-0.2, 0) is 4.57 Å². The molecule has 0 amide bonds. The third-order valence-electron chi connectivity index (χ3n) is 0.122. The second-order valence-electron chi connectivity index (χ2n) is 0.597. The zero-order valence-electron chi connectivity index (χ0n) is 4.62. The Morgan fingerprint density at radius 2 is 1.62 bits per heavy atom. The van der Waals surface area contributed by atoms with Crippen LogP contribution in [0.15, 0.2) is 0 Å². The first-order chi connectivity index (χ1) is 2.56. The van der Waals surface area contributed by atoms with Crippen molar-refractivity contribution in [2.75, 3.05) is 0 Å². The minimum absolute atomic E-state index is 0. The molecule has 0 fully saturated rings. The summed E-state index contributed by atoms with van der Waals surface area (Å²) in [5.41, 5.74) is 0. The molecule has 0 N–H and O–H groups in total. The van der Waals surface area contributed by atoms with Gasteiger partial charge in [0.1, 0.15) is 0 Å². The Morgan fingerprint density at radius 3 is 1.62 bits per heavy atom. The van der Waals surface area contributed by atoms with Crippen LogP contribution in [0.25, 0.3) is 0 Å². The van der Waals surface area contributed by atoms with Gasteiger partial charge in [0.05, 0.1) is 5.81 Å². The predicted octanol–water partition coefficient (Wildman–Crippen LogP) is -7.61. The summed E-state index contributed by atoms with van der Waals surface area (Å²) in [6, 6.07) is 0. The monoisotopic (exact) mass is 135 g/mol. The van der Waals surface area contributed by atoms with Crippen molar-refractivity contribution in [2.45, 2.75) is 0 Å². The van der Waals surface area contributed by atoms with Gasteiger partial charge in [0.15, 0.2) is 0 Å². The molecule has 0 saturated carbocycles. The predicted molar refractivity (Wildman–Crippen MR) is 13.2 cm³/mol. The maximum Gasteiger partial charge on any atom is 1.00 e. The van der Waals surface area contributed by atoms with Crippen molar-refractivity contribution in [2.24, 2.45) is 0 Å². The zero-order chi connectivity index (χ0) is 5.21. The van der Waals surface area contributed by atoms with E-state index in [0.717, 1.165) is 0 Å². The first-order valence-corrected chi connectivity index (χ1v) is 2.54. The molecule has 0 saturated heterocycles. The topological polar surface area (TPSA) is 87.0 Å². The summed E-state index contributed by atoms with van der Waals surface area (Å²) in [4.78, 5) is 18.2. The summed E-state index contributed by atoms with van der Waals surface area (Å²) in [5.74, 6) is 0.549. The van der Waals surface area contributed by atoms with Gasteiger partial charge >= 0.3 is 48.4 Å². The molecule has 0 radical (unpaired) electrons. The van der Waals surface area contributed by atoms with Gasteiger partial charge in [0.2, 0.25) is 0 Å². The van der Waals surface area contributed by atoms with E-state index in [1.165, 1.54) is 0 Å². The molecular formula is CLiNNaO3P. The summed E-state index contributed by atoms with van der Waals surface area (Å²) >= 11 is 0. The van der Waals surface area contributed by atoms with Gasteiger partial charge in [-0.15, -0.1) is 0 Å². The molecule has 0 aromatic rings. The van der Waals surface area contributed by atoms with Gasteiger partial charge in [-0.2, -0.15) is 5.26 Å². The van der Waals surface area contributed by atoms with Crippen molar-refractivity contribution < 1.29 is 62.8 Å². The van der Waals surface area contributed by atoms with Crippen molar-refractivity contribution >= 4 is 7.60 Å². The molecule has 8 heavy (non-hydrogen) atoms. The summed E-state index contributed by atoms with van der Waals surface area (Å²) in [7, 11) is -4.84. The van der Waals surface area contributed by atoms with E-state index in [1.54, 1.807) is 0 Å². The molecule has 7 heteroatoms. The average Bonchev–Trinajstić information content (AvgIpc) is 1.35. The molecule has 4 nitrogen and oxygen atoms in total. The van der Waals surface area contributed by atoms with Gasteiger partial charge in [-0.05, 0) is 0 Å². The van der Waals surface area contributed by atoms with Gasteiger partial charge in [-0.25, -0.2) is 0 Å². The maximum absolute atomic E-state index is 9.11. The normalized spacial score (nSPS) is 7.62. The molecule has 0 aliphatic heterocycles. The van der Waals surface area contributed by atoms with Crippen molar-refractivity contribution in [3.8, 4) is 5.81 Å². The quantitative estimate of drug-likeness (QED) is 0.244. The van der Waals surface area contributed by atoms with E-state index in [9.17, 15) is 0 Å². The van der Waals surface area contributed by atoms with Crippen molar-refractivity contribution in [1.29, 1.82) is 5.26 Å². The van der Waals surface area contributed by atoms with Crippen molar-refractivity contribution in [3.63, 3.8) is 0 Å². The van der Waals surface area contributed by atoms with Gasteiger partial charge in [0, 0.05) is 7.60 Å². The van der Waals surface area contributed by atoms with Crippen LogP contribution in [0.3, 0.4) is 0 Å². The summed E-state index contributed by atoms with van der Waals surface area (Å²) in [6.45, 7) is 0. The van der Waals surface area contributed by atoms with E-state index in [1.807, 2.05) is 0 Å². The largest absolute Gasteiger partial charge is 1.00 e. The molecule has 0 rings (SSSR count). The smallest absolute Gasteiger partial charge is 0.800 e. The Labute approximate surface area is 80.9 Å². The fourth-order valence-electron chi connectivity index (χ4n) is 0. The molecule has 0 heterocycles. The standard InChI is InChI=1S/CH2NO3P.Li.Na/c2-1-6(3,4)5;;/h(H2,3,4,5);;/q;2*+1/p-2. The third-order valence-corrected chi connectivity index (χ3v) is 0.367. The van der Waals surface area contributed by atoms with Crippen LogP contribution in [0, 0.1) is 11.1 Å². The molecule has 0 atom stereocenters. The van der Waals surface area contributed by atoms with E-state index in [2.05, 4.69) is 0 Å². The van der Waals surface area contributed by atoms with Crippen LogP contribution in [0.4, 0.5) is 0 Å². The van der Waals surface area contributed by atoms with Crippen LogP contribution in [0.1, 0.15) is 0 Å². The first kappa shape index (κ1) is 16.1. The molecule has 0 aromatic carbocycles. The van der Waals surface area contributed by atoms with Gasteiger partial charge < -0.3 is 14.4 Å². The maximum atomic E-state index is 9.11. The summed E-state index contributed by atoms with van der Waals surface area (Å²) < 4.78 is 9.11. The van der Waals surface area contributed by atoms with E-state index >= 15 is 0 Å². The van der Waals surface area contributed by atoms with Gasteiger partial charge in [0.25, 0.3) is 0 Å². The van der Waals surface area contributed by atoms with E-state index in [4.69, 9.17) is 19.6 Å². The fourth-order valence-corrected chi connectivity index (χ4v) is 0. The van der Waals surface area contributed by atoms with E-state index in [-0.39, 0.29) is 48.4 Å². The van der Waals surface area contributed by atoms with Crippen molar-refractivity contribution in [3.05, 3.63) is 0 Å². The Hall–Kier alpha value is 1.24. The Bertz CT molecular complexity index is 126. The summed E-state index contributed by atoms with van der Waals surface area (Å²) in [6.07, 6.45) is 0. The summed E-state index contributed by atoms with van der Waals surface area (Å²) in [5, 5.41) is 7.26. The molecule has 0 aliphatic rings. The van der Waals surface area contributed by atoms with Crippen molar-refractivity contribution in [1.82, 2.24) is 0 Å². The number of rotatable bonds is 0. The van der Waals surface area contributed by atoms with E-state index in [0.29, 0.717) is 5.81 Å². The number of nitriles is 1. The molecule has 0 bridgehead atoms. The Balaban J connectivity index is -0.000000125. The average molecular weight is 135 g/mol. The first-order valence-electron chi connectivity index (χ1n) is 0.995. The molecule has 0 spiro atoms. The Kier molecular flexibility index (Phi) is 12.8.